The zero-order chi connectivity index (χ0) is 18.8. The molecule has 138 valence electrons. The van der Waals surface area contributed by atoms with Crippen LogP contribution in [-0.2, 0) is 12.8 Å². The van der Waals surface area contributed by atoms with Crippen molar-refractivity contribution in [1.29, 1.82) is 0 Å². The molecule has 0 aromatic heterocycles. The summed E-state index contributed by atoms with van der Waals surface area (Å²) in [5.41, 5.74) is 7.20. The molecule has 0 radical (unpaired) electrons. The predicted octanol–water partition coefficient (Wildman–Crippen LogP) is 7.33. The molecule has 0 fully saturated rings. The second-order valence-corrected chi connectivity index (χ2v) is 7.48. The van der Waals surface area contributed by atoms with Crippen molar-refractivity contribution in [2.24, 2.45) is 0 Å². The number of benzene rings is 3. The fourth-order valence-corrected chi connectivity index (χ4v) is 4.04. The normalized spacial score (nSPS) is 12.1. The quantitative estimate of drug-likeness (QED) is 0.315. The van der Waals surface area contributed by atoms with E-state index in [4.69, 9.17) is 0 Å². The van der Waals surface area contributed by atoms with Crippen molar-refractivity contribution in [2.45, 2.75) is 45.4 Å². The summed E-state index contributed by atoms with van der Waals surface area (Å²) < 4.78 is 27.9. The summed E-state index contributed by atoms with van der Waals surface area (Å²) in [4.78, 5) is 0. The van der Waals surface area contributed by atoms with Gasteiger partial charge >= 0.3 is 0 Å². The van der Waals surface area contributed by atoms with Crippen LogP contribution >= 0.6 is 0 Å². The summed E-state index contributed by atoms with van der Waals surface area (Å²) >= 11 is 0. The van der Waals surface area contributed by atoms with E-state index in [1.807, 2.05) is 6.07 Å². The minimum atomic E-state index is -0.306. The Morgan fingerprint density at radius 1 is 0.741 bits per heavy atom. The minimum absolute atomic E-state index is 0.253. The highest BCUT2D eigenvalue weighted by atomic mass is 19.1. The van der Waals surface area contributed by atoms with Crippen molar-refractivity contribution >= 4 is 0 Å². The summed E-state index contributed by atoms with van der Waals surface area (Å²) in [6, 6.07) is 16.2. The van der Waals surface area contributed by atoms with E-state index in [0.29, 0.717) is 11.1 Å². The molecular formula is C25H24F2. The molecule has 27 heavy (non-hydrogen) atoms. The van der Waals surface area contributed by atoms with E-state index in [1.165, 1.54) is 48.9 Å². The zero-order valence-corrected chi connectivity index (χ0v) is 15.7. The van der Waals surface area contributed by atoms with Gasteiger partial charge in [-0.25, -0.2) is 8.78 Å². The van der Waals surface area contributed by atoms with Crippen molar-refractivity contribution < 1.29 is 8.78 Å². The Balaban J connectivity index is 1.60. The van der Waals surface area contributed by atoms with E-state index >= 15 is 0 Å². The number of hydrogen-bond donors (Lipinski definition) is 0. The lowest BCUT2D eigenvalue weighted by molar-refractivity contribution is 0.625. The molecule has 1 aliphatic rings. The highest BCUT2D eigenvalue weighted by molar-refractivity contribution is 5.80. The number of rotatable bonds is 6. The maximum atomic E-state index is 14.7. The molecule has 0 nitrogen and oxygen atoms in total. The highest BCUT2D eigenvalue weighted by Crippen LogP contribution is 2.40. The molecule has 4 rings (SSSR count). The second kappa shape index (κ2) is 7.64. The fourth-order valence-electron chi connectivity index (χ4n) is 4.04. The average molecular weight is 362 g/mol. The van der Waals surface area contributed by atoms with E-state index < -0.39 is 0 Å². The highest BCUT2D eigenvalue weighted by Gasteiger charge is 2.21. The molecule has 0 unspecified atom stereocenters. The van der Waals surface area contributed by atoms with Gasteiger partial charge in [-0.05, 0) is 76.9 Å². The van der Waals surface area contributed by atoms with Crippen molar-refractivity contribution in [1.82, 2.24) is 0 Å². The lowest BCUT2D eigenvalue weighted by atomic mass is 9.98. The molecule has 3 aromatic carbocycles. The molecule has 0 amide bonds. The van der Waals surface area contributed by atoms with Gasteiger partial charge in [-0.2, -0.15) is 0 Å². The number of fused-ring (bicyclic) bond motifs is 3. The first-order valence-electron chi connectivity index (χ1n) is 9.86. The standard InChI is InChI=1S/C25H24F2/c1-2-3-4-5-6-17-7-12-22-19(13-17)14-20-15-24(25(27)16-23(20)22)18-8-10-21(26)11-9-18/h7-13,15-16H,2-6,14H2,1H3. The average Bonchev–Trinajstić information content (AvgIpc) is 3.02. The van der Waals surface area contributed by atoms with Gasteiger partial charge in [-0.3, -0.25) is 0 Å². The lowest BCUT2D eigenvalue weighted by Crippen LogP contribution is -1.89. The first-order chi connectivity index (χ1) is 13.2. The van der Waals surface area contributed by atoms with Gasteiger partial charge in [0.05, 0.1) is 0 Å². The molecule has 0 N–H and O–H groups in total. The van der Waals surface area contributed by atoms with Crippen molar-refractivity contribution in [3.8, 4) is 22.3 Å². The van der Waals surface area contributed by atoms with Crippen molar-refractivity contribution in [2.75, 3.05) is 0 Å². The van der Waals surface area contributed by atoms with Crippen LogP contribution in [0, 0.1) is 11.6 Å². The Labute approximate surface area is 159 Å². The molecule has 0 heterocycles. The fraction of sp³-hybridized carbons (Fsp3) is 0.280. The number of halogens is 2. The van der Waals surface area contributed by atoms with E-state index in [-0.39, 0.29) is 11.6 Å². The largest absolute Gasteiger partial charge is 0.207 e. The summed E-state index contributed by atoms with van der Waals surface area (Å²) in [5.74, 6) is -0.559. The first kappa shape index (κ1) is 17.9. The van der Waals surface area contributed by atoms with Gasteiger partial charge in [-0.1, -0.05) is 56.5 Å². The van der Waals surface area contributed by atoms with Crippen LogP contribution in [0.15, 0.2) is 54.6 Å². The molecule has 3 aromatic rings. The van der Waals surface area contributed by atoms with Crippen molar-refractivity contribution in [3.05, 3.63) is 82.9 Å². The van der Waals surface area contributed by atoms with E-state index in [0.717, 1.165) is 29.5 Å². The van der Waals surface area contributed by atoms with E-state index in [2.05, 4.69) is 25.1 Å². The topological polar surface area (TPSA) is 0 Å². The van der Waals surface area contributed by atoms with Crippen LogP contribution in [-0.4, -0.2) is 0 Å². The van der Waals surface area contributed by atoms with Crippen molar-refractivity contribution in [3.63, 3.8) is 0 Å². The summed E-state index contributed by atoms with van der Waals surface area (Å²) in [6.07, 6.45) is 6.99. The Morgan fingerprint density at radius 3 is 2.30 bits per heavy atom. The van der Waals surface area contributed by atoms with Gasteiger partial charge in [0.15, 0.2) is 0 Å². The second-order valence-electron chi connectivity index (χ2n) is 7.48. The van der Waals surface area contributed by atoms with Crippen LogP contribution in [0.1, 0.15) is 49.3 Å². The zero-order valence-electron chi connectivity index (χ0n) is 15.7. The molecular weight excluding hydrogens is 338 g/mol. The Hall–Kier alpha value is -2.48. The molecule has 0 bridgehead atoms. The molecule has 0 spiro atoms. The third-order valence-electron chi connectivity index (χ3n) is 5.51. The maximum absolute atomic E-state index is 14.7. The maximum Gasteiger partial charge on any atom is 0.131 e. The first-order valence-corrected chi connectivity index (χ1v) is 9.86. The molecule has 0 aliphatic heterocycles. The van der Waals surface area contributed by atoms with Crippen LogP contribution < -0.4 is 0 Å². The Bertz CT molecular complexity index is 955. The lowest BCUT2D eigenvalue weighted by Gasteiger charge is -2.08. The molecule has 0 saturated heterocycles. The third-order valence-corrected chi connectivity index (χ3v) is 5.51. The summed E-state index contributed by atoms with van der Waals surface area (Å²) in [6.45, 7) is 2.23. The van der Waals surface area contributed by atoms with Gasteiger partial charge in [0.2, 0.25) is 0 Å². The number of hydrogen-bond acceptors (Lipinski definition) is 0. The molecule has 0 saturated carbocycles. The van der Waals surface area contributed by atoms with Gasteiger partial charge in [0.25, 0.3) is 0 Å². The van der Waals surface area contributed by atoms with Gasteiger partial charge in [-0.15, -0.1) is 0 Å². The Kier molecular flexibility index (Phi) is 5.07. The smallest absolute Gasteiger partial charge is 0.131 e. The van der Waals surface area contributed by atoms with Crippen LogP contribution in [0.25, 0.3) is 22.3 Å². The SMILES string of the molecule is CCCCCCc1ccc2c(c1)Cc1cc(-c3ccc(F)cc3)c(F)cc1-2. The van der Waals surface area contributed by atoms with E-state index in [1.54, 1.807) is 18.2 Å². The van der Waals surface area contributed by atoms with E-state index in [9.17, 15) is 8.78 Å². The number of aryl methyl sites for hydroxylation is 1. The minimum Gasteiger partial charge on any atom is -0.207 e. The monoisotopic (exact) mass is 362 g/mol. The van der Waals surface area contributed by atoms with Crippen LogP contribution in [0.5, 0.6) is 0 Å². The summed E-state index contributed by atoms with van der Waals surface area (Å²) in [5, 5.41) is 0. The molecule has 1 aliphatic carbocycles. The molecule has 2 heteroatoms. The third kappa shape index (κ3) is 3.66. The van der Waals surface area contributed by atoms with Gasteiger partial charge < -0.3 is 0 Å². The van der Waals surface area contributed by atoms with Crippen LogP contribution in [0.4, 0.5) is 8.78 Å². The number of unbranched alkanes of at least 4 members (excludes halogenated alkanes) is 3. The van der Waals surface area contributed by atoms with Crippen LogP contribution in [0.2, 0.25) is 0 Å². The van der Waals surface area contributed by atoms with Crippen LogP contribution in [0.3, 0.4) is 0 Å². The Morgan fingerprint density at radius 2 is 1.52 bits per heavy atom. The predicted molar refractivity (Wildman–Crippen MR) is 108 cm³/mol. The molecule has 0 atom stereocenters. The van der Waals surface area contributed by atoms with Gasteiger partial charge in [0, 0.05) is 5.56 Å². The summed E-state index contributed by atoms with van der Waals surface area (Å²) in [7, 11) is 0. The van der Waals surface area contributed by atoms with Gasteiger partial charge in [0.1, 0.15) is 11.6 Å².